The van der Waals surface area contributed by atoms with Gasteiger partial charge in [0.1, 0.15) is 23.6 Å². The minimum Gasteiger partial charge on any atom is -0.383 e. The summed E-state index contributed by atoms with van der Waals surface area (Å²) in [4.78, 5) is 0. The summed E-state index contributed by atoms with van der Waals surface area (Å²) in [6.45, 7) is 1.42. The Bertz CT molecular complexity index is 608. The highest BCUT2D eigenvalue weighted by molar-refractivity contribution is 6.31. The van der Waals surface area contributed by atoms with Crippen LogP contribution in [0, 0.1) is 24.4 Å². The van der Waals surface area contributed by atoms with E-state index in [-0.39, 0.29) is 21.7 Å². The number of hydrogen-bond acceptors (Lipinski definition) is 1. The van der Waals surface area contributed by atoms with Crippen molar-refractivity contribution < 1.29 is 18.3 Å². The van der Waals surface area contributed by atoms with E-state index in [1.54, 1.807) is 0 Å². The lowest BCUT2D eigenvalue weighted by Gasteiger charge is -2.15. The molecule has 19 heavy (non-hydrogen) atoms. The molecule has 0 aliphatic heterocycles. The number of aliphatic hydroxyl groups excluding tert-OH is 1. The molecule has 0 amide bonds. The van der Waals surface area contributed by atoms with Crippen LogP contribution >= 0.6 is 11.6 Å². The Kier molecular flexibility index (Phi) is 3.83. The molecule has 5 heteroatoms. The number of aryl methyl sites for hydroxylation is 1. The largest absolute Gasteiger partial charge is 0.383 e. The topological polar surface area (TPSA) is 20.2 Å². The number of rotatable bonds is 2. The van der Waals surface area contributed by atoms with Gasteiger partial charge >= 0.3 is 0 Å². The van der Waals surface area contributed by atoms with Crippen molar-refractivity contribution in [2.75, 3.05) is 0 Å². The fourth-order valence-electron chi connectivity index (χ4n) is 1.82. The van der Waals surface area contributed by atoms with Crippen LogP contribution in [0.15, 0.2) is 30.3 Å². The van der Waals surface area contributed by atoms with Gasteiger partial charge in [0.2, 0.25) is 0 Å². The monoisotopic (exact) mass is 286 g/mol. The van der Waals surface area contributed by atoms with Crippen LogP contribution in [0.2, 0.25) is 5.02 Å². The molecule has 0 spiro atoms. The van der Waals surface area contributed by atoms with Crippen molar-refractivity contribution in [2.45, 2.75) is 13.0 Å². The zero-order valence-electron chi connectivity index (χ0n) is 9.92. The molecule has 0 aliphatic carbocycles. The van der Waals surface area contributed by atoms with Gasteiger partial charge in [-0.25, -0.2) is 13.2 Å². The molecular weight excluding hydrogens is 277 g/mol. The molecule has 1 unspecified atom stereocenters. The summed E-state index contributed by atoms with van der Waals surface area (Å²) in [6.07, 6.45) is -1.59. The maximum absolute atomic E-state index is 13.7. The Hall–Kier alpha value is -1.52. The van der Waals surface area contributed by atoms with Crippen molar-refractivity contribution in [3.8, 4) is 0 Å². The first-order chi connectivity index (χ1) is 8.91. The van der Waals surface area contributed by atoms with E-state index in [2.05, 4.69) is 0 Å². The molecule has 0 fully saturated rings. The van der Waals surface area contributed by atoms with E-state index in [4.69, 9.17) is 11.6 Å². The van der Waals surface area contributed by atoms with Gasteiger partial charge in [-0.2, -0.15) is 0 Å². The first-order valence-electron chi connectivity index (χ1n) is 5.49. The third-order valence-corrected chi connectivity index (χ3v) is 3.18. The van der Waals surface area contributed by atoms with E-state index >= 15 is 0 Å². The molecule has 2 rings (SSSR count). The van der Waals surface area contributed by atoms with Gasteiger partial charge in [-0.1, -0.05) is 17.7 Å². The van der Waals surface area contributed by atoms with E-state index < -0.39 is 23.6 Å². The van der Waals surface area contributed by atoms with Gasteiger partial charge in [-0.05, 0) is 30.7 Å². The van der Waals surface area contributed by atoms with Gasteiger partial charge < -0.3 is 5.11 Å². The van der Waals surface area contributed by atoms with Crippen LogP contribution in [0.25, 0.3) is 0 Å². The lowest BCUT2D eigenvalue weighted by Crippen LogP contribution is -2.07. The number of halogens is 4. The van der Waals surface area contributed by atoms with Gasteiger partial charge in [0, 0.05) is 22.2 Å². The normalized spacial score (nSPS) is 12.5. The van der Waals surface area contributed by atoms with Gasteiger partial charge in [0.15, 0.2) is 0 Å². The summed E-state index contributed by atoms with van der Waals surface area (Å²) in [5, 5.41) is 10.0. The fraction of sp³-hybridized carbons (Fsp3) is 0.143. The lowest BCUT2D eigenvalue weighted by atomic mass is 9.98. The Labute approximate surface area is 113 Å². The Morgan fingerprint density at radius 1 is 1.05 bits per heavy atom. The number of benzene rings is 2. The van der Waals surface area contributed by atoms with Crippen molar-refractivity contribution in [3.63, 3.8) is 0 Å². The maximum Gasteiger partial charge on any atom is 0.132 e. The summed E-state index contributed by atoms with van der Waals surface area (Å²) in [5.74, 6) is -2.43. The zero-order chi connectivity index (χ0) is 14.2. The molecule has 2 aromatic rings. The second kappa shape index (κ2) is 5.23. The van der Waals surface area contributed by atoms with Crippen molar-refractivity contribution in [1.82, 2.24) is 0 Å². The Morgan fingerprint density at radius 3 is 2.37 bits per heavy atom. The van der Waals surface area contributed by atoms with Crippen LogP contribution in [0.1, 0.15) is 22.8 Å². The highest BCUT2D eigenvalue weighted by Crippen LogP contribution is 2.32. The van der Waals surface area contributed by atoms with Crippen molar-refractivity contribution in [2.24, 2.45) is 0 Å². The lowest BCUT2D eigenvalue weighted by molar-refractivity contribution is 0.209. The predicted molar refractivity (Wildman–Crippen MR) is 66.6 cm³/mol. The minimum atomic E-state index is -1.59. The molecule has 1 N–H and O–H groups in total. The average molecular weight is 287 g/mol. The fourth-order valence-corrected chi connectivity index (χ4v) is 2.08. The van der Waals surface area contributed by atoms with Crippen LogP contribution in [0.5, 0.6) is 0 Å². The Morgan fingerprint density at radius 2 is 1.74 bits per heavy atom. The standard InChI is InChI=1S/C14H10ClF3O/c1-7-5-8(12(18)6-11(7)17)14(19)13-9(15)3-2-4-10(13)16/h2-6,14,19H,1H3. The highest BCUT2D eigenvalue weighted by atomic mass is 35.5. The highest BCUT2D eigenvalue weighted by Gasteiger charge is 2.22. The second-order valence-corrected chi connectivity index (χ2v) is 4.57. The second-order valence-electron chi connectivity index (χ2n) is 4.16. The molecule has 0 aliphatic rings. The van der Waals surface area contributed by atoms with E-state index in [9.17, 15) is 18.3 Å². The molecular formula is C14H10ClF3O. The van der Waals surface area contributed by atoms with E-state index in [1.165, 1.54) is 19.1 Å². The molecule has 0 heterocycles. The Balaban J connectivity index is 2.56. The quantitative estimate of drug-likeness (QED) is 0.879. The van der Waals surface area contributed by atoms with Crippen LogP contribution in [0.3, 0.4) is 0 Å². The van der Waals surface area contributed by atoms with Crippen LogP contribution in [-0.4, -0.2) is 5.11 Å². The molecule has 0 bridgehead atoms. The predicted octanol–water partition coefficient (Wildman–Crippen LogP) is 4.15. The van der Waals surface area contributed by atoms with Gasteiger partial charge in [0.25, 0.3) is 0 Å². The molecule has 1 atom stereocenters. The molecule has 0 radical (unpaired) electrons. The minimum absolute atomic E-state index is 0.0196. The van der Waals surface area contributed by atoms with E-state index in [0.717, 1.165) is 12.1 Å². The van der Waals surface area contributed by atoms with Crippen molar-refractivity contribution in [1.29, 1.82) is 0 Å². The molecule has 100 valence electrons. The van der Waals surface area contributed by atoms with Crippen LogP contribution in [-0.2, 0) is 0 Å². The summed E-state index contributed by atoms with van der Waals surface area (Å²) in [6, 6.07) is 5.66. The maximum atomic E-state index is 13.7. The van der Waals surface area contributed by atoms with Gasteiger partial charge in [-0.15, -0.1) is 0 Å². The van der Waals surface area contributed by atoms with Gasteiger partial charge in [-0.3, -0.25) is 0 Å². The summed E-state index contributed by atoms with van der Waals surface area (Å²) >= 11 is 5.80. The van der Waals surface area contributed by atoms with E-state index in [0.29, 0.717) is 6.07 Å². The number of hydrogen-bond donors (Lipinski definition) is 1. The molecule has 2 aromatic carbocycles. The number of aliphatic hydroxyl groups is 1. The zero-order valence-corrected chi connectivity index (χ0v) is 10.7. The molecule has 0 saturated carbocycles. The first kappa shape index (κ1) is 13.9. The summed E-state index contributed by atoms with van der Waals surface area (Å²) in [5.41, 5.74) is -0.289. The van der Waals surface area contributed by atoms with Gasteiger partial charge in [0.05, 0.1) is 0 Å². The van der Waals surface area contributed by atoms with Crippen LogP contribution in [0.4, 0.5) is 13.2 Å². The molecule has 0 aromatic heterocycles. The smallest absolute Gasteiger partial charge is 0.132 e. The van der Waals surface area contributed by atoms with Crippen molar-refractivity contribution in [3.05, 3.63) is 69.5 Å². The summed E-state index contributed by atoms with van der Waals surface area (Å²) < 4.78 is 40.5. The third kappa shape index (κ3) is 2.60. The van der Waals surface area contributed by atoms with Crippen molar-refractivity contribution >= 4 is 11.6 Å². The summed E-state index contributed by atoms with van der Waals surface area (Å²) in [7, 11) is 0. The van der Waals surface area contributed by atoms with Crippen LogP contribution < -0.4 is 0 Å². The average Bonchev–Trinajstić information content (AvgIpc) is 2.33. The third-order valence-electron chi connectivity index (χ3n) is 2.85. The first-order valence-corrected chi connectivity index (χ1v) is 5.87. The molecule has 0 saturated heterocycles. The molecule has 1 nitrogen and oxygen atoms in total. The van der Waals surface area contributed by atoms with E-state index in [1.807, 2.05) is 0 Å². The SMILES string of the molecule is Cc1cc(C(O)c2c(F)cccc2Cl)c(F)cc1F.